The van der Waals surface area contributed by atoms with Gasteiger partial charge in [0.15, 0.2) is 23.2 Å². The smallest absolute Gasteiger partial charge is 0.341 e. The van der Waals surface area contributed by atoms with Crippen molar-refractivity contribution in [2.24, 2.45) is 11.3 Å². The lowest BCUT2D eigenvalue weighted by atomic mass is 9.97. The molecule has 35 heavy (non-hydrogen) atoms. The van der Waals surface area contributed by atoms with Gasteiger partial charge in [-0.15, -0.1) is 0 Å². The van der Waals surface area contributed by atoms with Crippen LogP contribution in [0, 0.1) is 11.3 Å². The van der Waals surface area contributed by atoms with Gasteiger partial charge in [-0.2, -0.15) is 0 Å². The maximum Gasteiger partial charge on any atom is 0.341 e. The van der Waals surface area contributed by atoms with E-state index in [-0.39, 0.29) is 18.5 Å². The third kappa shape index (κ3) is 10.2. The molecule has 0 aliphatic heterocycles. The van der Waals surface area contributed by atoms with E-state index in [0.717, 1.165) is 17.5 Å². The predicted molar refractivity (Wildman–Crippen MR) is 138 cm³/mol. The molecule has 2 aromatic carbocycles. The van der Waals surface area contributed by atoms with Crippen molar-refractivity contribution in [1.29, 1.82) is 0 Å². The summed E-state index contributed by atoms with van der Waals surface area (Å²) >= 11 is 5.44. The molecule has 0 bridgehead atoms. The number of carbonyl (C=O) groups excluding carboxylic acids is 1. The highest BCUT2D eigenvalue weighted by Crippen LogP contribution is 2.28. The molecule has 2 rings (SSSR count). The van der Waals surface area contributed by atoms with Gasteiger partial charge < -0.3 is 30.0 Å². The molecule has 190 valence electrons. The Morgan fingerprint density at radius 2 is 1.74 bits per heavy atom. The van der Waals surface area contributed by atoms with Crippen LogP contribution in [0.1, 0.15) is 31.9 Å². The molecule has 0 aliphatic rings. The number of ether oxygens (including phenoxy) is 3. The number of carboxylic acids is 1. The summed E-state index contributed by atoms with van der Waals surface area (Å²) < 4.78 is 16.1. The second-order valence-corrected chi connectivity index (χ2v) is 9.54. The molecule has 1 atom stereocenters. The topological polar surface area (TPSA) is 106 Å². The van der Waals surface area contributed by atoms with Gasteiger partial charge in [-0.05, 0) is 62.7 Å². The molecular formula is C26H34N2O6S. The van der Waals surface area contributed by atoms with Crippen molar-refractivity contribution in [3.8, 4) is 11.5 Å². The molecule has 8 nitrogen and oxygen atoms in total. The fourth-order valence-corrected chi connectivity index (χ4v) is 3.27. The minimum Gasteiger partial charge on any atom is -0.493 e. The van der Waals surface area contributed by atoms with E-state index in [2.05, 4.69) is 10.6 Å². The Balaban J connectivity index is 1.91. The number of methoxy groups -OCH3 is 1. The Hall–Kier alpha value is -3.33. The van der Waals surface area contributed by atoms with E-state index in [1.54, 1.807) is 18.2 Å². The second-order valence-electron chi connectivity index (χ2n) is 9.14. The summed E-state index contributed by atoms with van der Waals surface area (Å²) in [5.41, 5.74) is 1.48. The standard InChI is InChI=1S/C26H34N2O6S/c1-26(2,3)24(31)34-16-20(12-18-8-6-5-7-9-18)15-28-25(35)27-14-19-10-11-21(22(13-19)32-4)33-17-23(29)30/h5-11,13,20H,12,14-17H2,1-4H3,(H,29,30)(H2,27,28,35). The average molecular weight is 503 g/mol. The molecule has 0 spiro atoms. The van der Waals surface area contributed by atoms with Crippen LogP contribution in [0.5, 0.6) is 11.5 Å². The molecule has 0 heterocycles. The van der Waals surface area contributed by atoms with Gasteiger partial charge in [0.05, 0.1) is 19.1 Å². The molecular weight excluding hydrogens is 468 g/mol. The summed E-state index contributed by atoms with van der Waals surface area (Å²) in [6.45, 7) is 6.30. The maximum absolute atomic E-state index is 12.2. The first-order valence-electron chi connectivity index (χ1n) is 11.3. The lowest BCUT2D eigenvalue weighted by Crippen LogP contribution is -2.39. The SMILES string of the molecule is COc1cc(CNC(=S)NCC(COC(=O)C(C)(C)C)Cc2ccccc2)ccc1OCC(=O)O. The number of esters is 1. The Morgan fingerprint density at radius 3 is 2.37 bits per heavy atom. The molecule has 1 unspecified atom stereocenters. The van der Waals surface area contributed by atoms with Gasteiger partial charge in [-0.3, -0.25) is 4.79 Å². The minimum absolute atomic E-state index is 0.0363. The third-order valence-electron chi connectivity index (χ3n) is 5.01. The number of hydrogen-bond donors (Lipinski definition) is 3. The fourth-order valence-electron chi connectivity index (χ4n) is 3.11. The normalized spacial score (nSPS) is 11.8. The van der Waals surface area contributed by atoms with Crippen LogP contribution in [0.2, 0.25) is 0 Å². The zero-order valence-electron chi connectivity index (χ0n) is 20.6. The van der Waals surface area contributed by atoms with Crippen molar-refractivity contribution in [3.05, 3.63) is 59.7 Å². The number of benzene rings is 2. The lowest BCUT2D eigenvalue weighted by Gasteiger charge is -2.22. The number of carboxylic acid groups (broad SMARTS) is 1. The van der Waals surface area contributed by atoms with E-state index in [1.165, 1.54) is 7.11 Å². The van der Waals surface area contributed by atoms with E-state index in [0.29, 0.717) is 29.7 Å². The van der Waals surface area contributed by atoms with Crippen LogP contribution < -0.4 is 20.1 Å². The van der Waals surface area contributed by atoms with Crippen molar-refractivity contribution in [1.82, 2.24) is 10.6 Å². The molecule has 0 amide bonds. The first kappa shape index (κ1) is 27.9. The zero-order valence-corrected chi connectivity index (χ0v) is 21.4. The summed E-state index contributed by atoms with van der Waals surface area (Å²) in [5.74, 6) is -0.468. The number of rotatable bonds is 12. The van der Waals surface area contributed by atoms with Crippen molar-refractivity contribution in [3.63, 3.8) is 0 Å². The second kappa shape index (κ2) is 13.5. The van der Waals surface area contributed by atoms with Crippen molar-refractivity contribution in [2.75, 3.05) is 26.9 Å². The predicted octanol–water partition coefficient (Wildman–Crippen LogP) is 3.57. The van der Waals surface area contributed by atoms with Crippen molar-refractivity contribution >= 4 is 29.3 Å². The van der Waals surface area contributed by atoms with E-state index in [9.17, 15) is 9.59 Å². The van der Waals surface area contributed by atoms with Crippen molar-refractivity contribution in [2.45, 2.75) is 33.7 Å². The van der Waals surface area contributed by atoms with Crippen molar-refractivity contribution < 1.29 is 28.9 Å². The summed E-state index contributed by atoms with van der Waals surface area (Å²) in [7, 11) is 1.49. The number of thiocarbonyl (C=S) groups is 1. The first-order chi connectivity index (χ1) is 16.6. The molecule has 2 aromatic rings. The highest BCUT2D eigenvalue weighted by molar-refractivity contribution is 7.80. The Bertz CT molecular complexity index is 991. The van der Waals surface area contributed by atoms with E-state index >= 15 is 0 Å². The molecule has 0 aliphatic carbocycles. The summed E-state index contributed by atoms with van der Waals surface area (Å²) in [6, 6.07) is 15.3. The number of aliphatic carboxylic acids is 1. The van der Waals surface area contributed by atoms with Gasteiger partial charge in [-0.25, -0.2) is 4.79 Å². The Labute approximate surface area is 212 Å². The average Bonchev–Trinajstić information content (AvgIpc) is 2.82. The van der Waals surface area contributed by atoms with Crippen LogP contribution in [0.15, 0.2) is 48.5 Å². The zero-order chi connectivity index (χ0) is 25.8. The summed E-state index contributed by atoms with van der Waals surface area (Å²) in [6.07, 6.45) is 0.739. The summed E-state index contributed by atoms with van der Waals surface area (Å²) in [4.78, 5) is 23.0. The quantitative estimate of drug-likeness (QED) is 0.297. The fraction of sp³-hybridized carbons (Fsp3) is 0.423. The molecule has 9 heteroatoms. The van der Waals surface area contributed by atoms with E-state index < -0.39 is 18.0 Å². The number of carbonyl (C=O) groups is 2. The molecule has 0 radical (unpaired) electrons. The van der Waals surface area contributed by atoms with Crippen LogP contribution in [-0.2, 0) is 27.3 Å². The maximum atomic E-state index is 12.2. The van der Waals surface area contributed by atoms with Gasteiger partial charge in [0, 0.05) is 19.0 Å². The highest BCUT2D eigenvalue weighted by Gasteiger charge is 2.24. The Morgan fingerprint density at radius 1 is 1.03 bits per heavy atom. The van der Waals surface area contributed by atoms with E-state index in [1.807, 2.05) is 51.1 Å². The van der Waals surface area contributed by atoms with Crippen LogP contribution in [0.4, 0.5) is 0 Å². The monoisotopic (exact) mass is 502 g/mol. The van der Waals surface area contributed by atoms with Gasteiger partial charge in [0.1, 0.15) is 0 Å². The van der Waals surface area contributed by atoms with Crippen LogP contribution in [0.25, 0.3) is 0 Å². The van der Waals surface area contributed by atoms with Gasteiger partial charge in [-0.1, -0.05) is 36.4 Å². The Kier molecular flexibility index (Phi) is 10.8. The molecule has 0 saturated heterocycles. The largest absolute Gasteiger partial charge is 0.493 e. The van der Waals surface area contributed by atoms with E-state index in [4.69, 9.17) is 31.5 Å². The van der Waals surface area contributed by atoms with Gasteiger partial charge in [0.25, 0.3) is 0 Å². The van der Waals surface area contributed by atoms with Gasteiger partial charge >= 0.3 is 11.9 Å². The minimum atomic E-state index is -1.06. The van der Waals surface area contributed by atoms with Crippen LogP contribution in [0.3, 0.4) is 0 Å². The van der Waals surface area contributed by atoms with Gasteiger partial charge in [0.2, 0.25) is 0 Å². The first-order valence-corrected chi connectivity index (χ1v) is 11.7. The third-order valence-corrected chi connectivity index (χ3v) is 5.30. The lowest BCUT2D eigenvalue weighted by molar-refractivity contribution is -0.154. The molecule has 0 aromatic heterocycles. The number of nitrogens with one attached hydrogen (secondary N) is 2. The van der Waals surface area contributed by atoms with Crippen LogP contribution in [-0.4, -0.2) is 49.0 Å². The van der Waals surface area contributed by atoms with Crippen LogP contribution >= 0.6 is 12.2 Å². The molecule has 3 N–H and O–H groups in total. The highest BCUT2D eigenvalue weighted by atomic mass is 32.1. The molecule has 0 saturated carbocycles. The molecule has 0 fully saturated rings. The summed E-state index contributed by atoms with van der Waals surface area (Å²) in [5, 5.41) is 15.6. The number of hydrogen-bond acceptors (Lipinski definition) is 6.